The van der Waals surface area contributed by atoms with Crippen molar-refractivity contribution in [2.24, 2.45) is 5.73 Å². The SMILES string of the molecule is Cl.NC1(c2ccccc2I)COC1. The molecule has 0 spiro atoms. The van der Waals surface area contributed by atoms with Gasteiger partial charge in [-0.1, -0.05) is 18.2 Å². The number of nitrogens with two attached hydrogens (primary N) is 1. The third-order valence-electron chi connectivity index (χ3n) is 2.13. The van der Waals surface area contributed by atoms with Gasteiger partial charge in [0.1, 0.15) is 0 Å². The van der Waals surface area contributed by atoms with Gasteiger partial charge in [0, 0.05) is 3.57 Å². The summed E-state index contributed by atoms with van der Waals surface area (Å²) in [5.41, 5.74) is 7.08. The molecule has 2 nitrogen and oxygen atoms in total. The highest BCUT2D eigenvalue weighted by atomic mass is 127. The Bertz CT molecular complexity index is 301. The predicted octanol–water partition coefficient (Wildman–Crippen LogP) is 1.90. The quantitative estimate of drug-likeness (QED) is 0.804. The molecule has 1 fully saturated rings. The van der Waals surface area contributed by atoms with Gasteiger partial charge in [0.05, 0.1) is 18.8 Å². The van der Waals surface area contributed by atoms with Gasteiger partial charge in [-0.2, -0.15) is 0 Å². The Morgan fingerprint density at radius 3 is 2.38 bits per heavy atom. The molecule has 0 radical (unpaired) electrons. The Balaban J connectivity index is 0.000000845. The number of hydrogen-bond acceptors (Lipinski definition) is 2. The summed E-state index contributed by atoms with van der Waals surface area (Å²) in [6, 6.07) is 8.19. The second-order valence-corrected chi connectivity index (χ2v) is 4.29. The molecule has 4 heteroatoms. The lowest BCUT2D eigenvalue weighted by molar-refractivity contribution is -0.0573. The van der Waals surface area contributed by atoms with Crippen LogP contribution < -0.4 is 5.73 Å². The lowest BCUT2D eigenvalue weighted by atomic mass is 9.89. The van der Waals surface area contributed by atoms with Crippen LogP contribution in [0.1, 0.15) is 5.56 Å². The van der Waals surface area contributed by atoms with Crippen molar-refractivity contribution in [2.45, 2.75) is 5.54 Å². The highest BCUT2D eigenvalue weighted by Gasteiger charge is 2.37. The molecule has 0 aromatic heterocycles. The third kappa shape index (κ3) is 1.98. The molecule has 0 amide bonds. The second-order valence-electron chi connectivity index (χ2n) is 3.13. The fourth-order valence-corrected chi connectivity index (χ4v) is 2.27. The maximum absolute atomic E-state index is 6.10. The van der Waals surface area contributed by atoms with Crippen LogP contribution in [-0.2, 0) is 10.3 Å². The number of hydrogen-bond donors (Lipinski definition) is 1. The fourth-order valence-electron chi connectivity index (χ4n) is 1.34. The molecule has 0 aliphatic carbocycles. The highest BCUT2D eigenvalue weighted by Crippen LogP contribution is 2.29. The molecule has 1 aromatic carbocycles. The molecule has 1 saturated heterocycles. The zero-order valence-corrected chi connectivity index (χ0v) is 9.97. The molecule has 1 aliphatic heterocycles. The van der Waals surface area contributed by atoms with E-state index >= 15 is 0 Å². The van der Waals surface area contributed by atoms with Crippen LogP contribution in [0.25, 0.3) is 0 Å². The molecule has 0 saturated carbocycles. The molecule has 2 rings (SSSR count). The van der Waals surface area contributed by atoms with Crippen molar-refractivity contribution in [1.82, 2.24) is 0 Å². The van der Waals surface area contributed by atoms with Gasteiger partial charge in [0.25, 0.3) is 0 Å². The molecule has 13 heavy (non-hydrogen) atoms. The van der Waals surface area contributed by atoms with Crippen LogP contribution in [0.2, 0.25) is 0 Å². The summed E-state index contributed by atoms with van der Waals surface area (Å²) in [7, 11) is 0. The minimum absolute atomic E-state index is 0. The lowest BCUT2D eigenvalue weighted by Gasteiger charge is -2.38. The summed E-state index contributed by atoms with van der Waals surface area (Å²) >= 11 is 2.31. The van der Waals surface area contributed by atoms with E-state index in [1.807, 2.05) is 12.1 Å². The van der Waals surface area contributed by atoms with Crippen LogP contribution in [0.3, 0.4) is 0 Å². The van der Waals surface area contributed by atoms with Crippen molar-refractivity contribution in [3.8, 4) is 0 Å². The van der Waals surface area contributed by atoms with Crippen molar-refractivity contribution in [1.29, 1.82) is 0 Å². The average molecular weight is 312 g/mol. The van der Waals surface area contributed by atoms with Crippen LogP contribution in [0.4, 0.5) is 0 Å². The predicted molar refractivity (Wildman–Crippen MR) is 63.1 cm³/mol. The second kappa shape index (κ2) is 4.13. The van der Waals surface area contributed by atoms with E-state index in [1.54, 1.807) is 0 Å². The van der Waals surface area contributed by atoms with Crippen LogP contribution in [0, 0.1) is 3.57 Å². The van der Waals surface area contributed by atoms with E-state index in [0.29, 0.717) is 13.2 Å². The van der Waals surface area contributed by atoms with Crippen LogP contribution in [-0.4, -0.2) is 13.2 Å². The molecule has 0 unspecified atom stereocenters. The summed E-state index contributed by atoms with van der Waals surface area (Å²) in [4.78, 5) is 0. The van der Waals surface area contributed by atoms with Gasteiger partial charge in [0.15, 0.2) is 0 Å². The molecule has 1 aromatic rings. The van der Waals surface area contributed by atoms with Gasteiger partial charge in [0.2, 0.25) is 0 Å². The standard InChI is InChI=1S/C9H10INO.ClH/c10-8-4-2-1-3-7(8)9(11)5-12-6-9;/h1-4H,5-6,11H2;1H. The van der Waals surface area contributed by atoms with Crippen molar-refractivity contribution in [3.05, 3.63) is 33.4 Å². The third-order valence-corrected chi connectivity index (χ3v) is 3.07. The minimum atomic E-state index is -0.224. The largest absolute Gasteiger partial charge is 0.377 e. The van der Waals surface area contributed by atoms with E-state index in [1.165, 1.54) is 9.13 Å². The first-order valence-electron chi connectivity index (χ1n) is 3.84. The van der Waals surface area contributed by atoms with Crippen LogP contribution >= 0.6 is 35.0 Å². The maximum atomic E-state index is 6.10. The normalized spacial score (nSPS) is 18.6. The Morgan fingerprint density at radius 2 is 1.92 bits per heavy atom. The van der Waals surface area contributed by atoms with Gasteiger partial charge in [-0.15, -0.1) is 12.4 Å². The average Bonchev–Trinajstić information content (AvgIpc) is 2.01. The molecular formula is C9H11ClINO. The molecule has 0 atom stereocenters. The first kappa shape index (κ1) is 11.2. The Morgan fingerprint density at radius 1 is 1.31 bits per heavy atom. The monoisotopic (exact) mass is 311 g/mol. The number of rotatable bonds is 1. The Labute approximate surface area is 97.4 Å². The molecule has 1 heterocycles. The topological polar surface area (TPSA) is 35.2 Å². The summed E-state index contributed by atoms with van der Waals surface area (Å²) in [5, 5.41) is 0. The van der Waals surface area contributed by atoms with Gasteiger partial charge >= 0.3 is 0 Å². The van der Waals surface area contributed by atoms with Gasteiger partial charge < -0.3 is 10.5 Å². The van der Waals surface area contributed by atoms with Gasteiger partial charge in [-0.3, -0.25) is 0 Å². The fraction of sp³-hybridized carbons (Fsp3) is 0.333. The molecule has 72 valence electrons. The maximum Gasteiger partial charge on any atom is 0.0894 e. The number of ether oxygens (including phenoxy) is 1. The van der Waals surface area contributed by atoms with Crippen molar-refractivity contribution in [3.63, 3.8) is 0 Å². The summed E-state index contributed by atoms with van der Waals surface area (Å²) in [6.45, 7) is 1.29. The highest BCUT2D eigenvalue weighted by molar-refractivity contribution is 14.1. The number of halogens is 2. The minimum Gasteiger partial charge on any atom is -0.377 e. The number of benzene rings is 1. The zero-order chi connectivity index (χ0) is 8.60. The van der Waals surface area contributed by atoms with Gasteiger partial charge in [-0.25, -0.2) is 0 Å². The smallest absolute Gasteiger partial charge is 0.0894 e. The lowest BCUT2D eigenvalue weighted by Crippen LogP contribution is -2.54. The molecule has 2 N–H and O–H groups in total. The van der Waals surface area contributed by atoms with E-state index in [2.05, 4.69) is 34.7 Å². The Kier molecular flexibility index (Phi) is 3.57. The summed E-state index contributed by atoms with van der Waals surface area (Å²) in [5.74, 6) is 0. The molecule has 1 aliphatic rings. The first-order valence-corrected chi connectivity index (χ1v) is 4.92. The van der Waals surface area contributed by atoms with E-state index in [-0.39, 0.29) is 17.9 Å². The van der Waals surface area contributed by atoms with Crippen molar-refractivity contribution in [2.75, 3.05) is 13.2 Å². The molecular weight excluding hydrogens is 300 g/mol. The van der Waals surface area contributed by atoms with Crippen LogP contribution in [0.5, 0.6) is 0 Å². The van der Waals surface area contributed by atoms with E-state index in [4.69, 9.17) is 10.5 Å². The van der Waals surface area contributed by atoms with Crippen molar-refractivity contribution < 1.29 is 4.74 Å². The summed E-state index contributed by atoms with van der Waals surface area (Å²) < 4.78 is 6.34. The Hall–Kier alpha value is 0.160. The van der Waals surface area contributed by atoms with E-state index in [9.17, 15) is 0 Å². The van der Waals surface area contributed by atoms with E-state index in [0.717, 1.165) is 0 Å². The first-order chi connectivity index (χ1) is 5.72. The summed E-state index contributed by atoms with van der Waals surface area (Å²) in [6.07, 6.45) is 0. The van der Waals surface area contributed by atoms with Crippen molar-refractivity contribution >= 4 is 35.0 Å². The zero-order valence-electron chi connectivity index (χ0n) is 7.00. The van der Waals surface area contributed by atoms with Crippen LogP contribution in [0.15, 0.2) is 24.3 Å². The molecule has 0 bridgehead atoms. The van der Waals surface area contributed by atoms with E-state index < -0.39 is 0 Å². The van der Waals surface area contributed by atoms with Gasteiger partial charge in [-0.05, 0) is 34.2 Å².